The van der Waals surface area contributed by atoms with E-state index in [4.69, 9.17) is 16.0 Å². The molecular formula is C14H10ClFN2O4S. The molecule has 0 amide bonds. The van der Waals surface area contributed by atoms with Crippen molar-refractivity contribution in [1.82, 2.24) is 4.57 Å². The first-order valence-corrected chi connectivity index (χ1v) is 8.21. The van der Waals surface area contributed by atoms with Crippen molar-refractivity contribution in [3.8, 4) is 0 Å². The van der Waals surface area contributed by atoms with E-state index in [-0.39, 0.29) is 21.2 Å². The molecule has 9 heteroatoms. The van der Waals surface area contributed by atoms with Gasteiger partial charge in [0.05, 0.1) is 21.1 Å². The molecule has 6 nitrogen and oxygen atoms in total. The second-order valence-corrected chi connectivity index (χ2v) is 6.88. The van der Waals surface area contributed by atoms with Crippen LogP contribution in [0.2, 0.25) is 5.02 Å². The molecule has 2 aromatic carbocycles. The molecule has 0 saturated carbocycles. The van der Waals surface area contributed by atoms with Crippen molar-refractivity contribution >= 4 is 38.4 Å². The van der Waals surface area contributed by atoms with E-state index in [0.717, 1.165) is 12.1 Å². The van der Waals surface area contributed by atoms with Gasteiger partial charge >= 0.3 is 5.76 Å². The number of anilines is 1. The largest absolute Gasteiger partial charge is 0.419 e. The van der Waals surface area contributed by atoms with E-state index in [9.17, 15) is 17.6 Å². The molecule has 0 bridgehead atoms. The predicted molar refractivity (Wildman–Crippen MR) is 83.7 cm³/mol. The van der Waals surface area contributed by atoms with Crippen molar-refractivity contribution in [1.29, 1.82) is 0 Å². The van der Waals surface area contributed by atoms with Gasteiger partial charge in [-0.3, -0.25) is 9.29 Å². The standard InChI is InChI=1S/C14H10ClFN2O4S/c1-18-12-5-3-9(7-13(12)22-14(18)19)23(20,21)17-8-2-4-11(16)10(15)6-8/h2-7,17H,1H3. The molecule has 0 unspecified atom stereocenters. The van der Waals surface area contributed by atoms with Gasteiger partial charge in [-0.25, -0.2) is 17.6 Å². The number of rotatable bonds is 3. The van der Waals surface area contributed by atoms with Crippen molar-refractivity contribution < 1.29 is 17.2 Å². The van der Waals surface area contributed by atoms with Crippen LogP contribution in [0.3, 0.4) is 0 Å². The molecular weight excluding hydrogens is 347 g/mol. The van der Waals surface area contributed by atoms with Crippen LogP contribution in [-0.4, -0.2) is 13.0 Å². The topological polar surface area (TPSA) is 81.3 Å². The van der Waals surface area contributed by atoms with Crippen molar-refractivity contribution in [3.05, 3.63) is 57.8 Å². The lowest BCUT2D eigenvalue weighted by Gasteiger charge is -2.08. The quantitative estimate of drug-likeness (QED) is 0.782. The lowest BCUT2D eigenvalue weighted by molar-refractivity contribution is 0.527. The number of hydrogen-bond donors (Lipinski definition) is 1. The second kappa shape index (κ2) is 5.39. The Hall–Kier alpha value is -2.32. The van der Waals surface area contributed by atoms with E-state index in [2.05, 4.69) is 4.72 Å². The van der Waals surface area contributed by atoms with Gasteiger partial charge in [0, 0.05) is 13.1 Å². The fourth-order valence-corrected chi connectivity index (χ4v) is 3.30. The van der Waals surface area contributed by atoms with E-state index >= 15 is 0 Å². The van der Waals surface area contributed by atoms with Gasteiger partial charge in [-0.05, 0) is 30.3 Å². The van der Waals surface area contributed by atoms with Crippen LogP contribution in [0.25, 0.3) is 11.1 Å². The van der Waals surface area contributed by atoms with E-state index in [1.165, 1.54) is 35.9 Å². The van der Waals surface area contributed by atoms with E-state index in [1.54, 1.807) is 0 Å². The number of hydrogen-bond acceptors (Lipinski definition) is 4. The van der Waals surface area contributed by atoms with E-state index in [1.807, 2.05) is 0 Å². The van der Waals surface area contributed by atoms with E-state index in [0.29, 0.717) is 5.52 Å². The minimum absolute atomic E-state index is 0.0974. The Morgan fingerprint density at radius 3 is 2.65 bits per heavy atom. The molecule has 1 N–H and O–H groups in total. The number of fused-ring (bicyclic) bond motifs is 1. The summed E-state index contributed by atoms with van der Waals surface area (Å²) in [6.07, 6.45) is 0. The molecule has 0 aliphatic rings. The third-order valence-electron chi connectivity index (χ3n) is 3.25. The van der Waals surface area contributed by atoms with Gasteiger partial charge in [0.1, 0.15) is 5.82 Å². The maximum absolute atomic E-state index is 13.1. The zero-order valence-corrected chi connectivity index (χ0v) is 13.3. The third-order valence-corrected chi connectivity index (χ3v) is 4.91. The SMILES string of the molecule is Cn1c(=O)oc2cc(S(=O)(=O)Nc3ccc(F)c(Cl)c3)ccc21. The van der Waals surface area contributed by atoms with Crippen LogP contribution in [-0.2, 0) is 17.1 Å². The summed E-state index contributed by atoms with van der Waals surface area (Å²) in [5.74, 6) is -1.24. The lowest BCUT2D eigenvalue weighted by atomic mass is 10.3. The Balaban J connectivity index is 2.01. The summed E-state index contributed by atoms with van der Waals surface area (Å²) in [4.78, 5) is 11.3. The van der Waals surface area contributed by atoms with Crippen LogP contribution in [0.1, 0.15) is 0 Å². The summed E-state index contributed by atoms with van der Waals surface area (Å²) in [6, 6.07) is 7.51. The van der Waals surface area contributed by atoms with Crippen LogP contribution in [0.5, 0.6) is 0 Å². The maximum atomic E-state index is 13.1. The van der Waals surface area contributed by atoms with Crippen molar-refractivity contribution in [2.45, 2.75) is 4.90 Å². The van der Waals surface area contributed by atoms with Crippen LogP contribution < -0.4 is 10.5 Å². The Morgan fingerprint density at radius 1 is 1.22 bits per heavy atom. The summed E-state index contributed by atoms with van der Waals surface area (Å²) in [6.45, 7) is 0. The Bertz CT molecular complexity index is 1070. The van der Waals surface area contributed by atoms with Crippen molar-refractivity contribution in [2.24, 2.45) is 7.05 Å². The summed E-state index contributed by atoms with van der Waals surface area (Å²) in [7, 11) is -2.43. The number of aromatic nitrogens is 1. The zero-order valence-electron chi connectivity index (χ0n) is 11.7. The molecule has 0 spiro atoms. The smallest absolute Gasteiger partial charge is 0.408 e. The summed E-state index contributed by atoms with van der Waals surface area (Å²) >= 11 is 5.62. The molecule has 0 aliphatic carbocycles. The highest BCUT2D eigenvalue weighted by Crippen LogP contribution is 2.23. The number of oxazole rings is 1. The molecule has 0 radical (unpaired) electrons. The lowest BCUT2D eigenvalue weighted by Crippen LogP contribution is -2.13. The first-order valence-electron chi connectivity index (χ1n) is 6.35. The van der Waals surface area contributed by atoms with Crippen molar-refractivity contribution in [2.75, 3.05) is 4.72 Å². The fraction of sp³-hybridized carbons (Fsp3) is 0.0714. The number of aryl methyl sites for hydroxylation is 1. The Morgan fingerprint density at radius 2 is 1.96 bits per heavy atom. The highest BCUT2D eigenvalue weighted by Gasteiger charge is 2.17. The first kappa shape index (κ1) is 15.6. The predicted octanol–water partition coefficient (Wildman–Crippen LogP) is 2.72. The normalized spacial score (nSPS) is 11.8. The van der Waals surface area contributed by atoms with Gasteiger partial charge in [-0.2, -0.15) is 0 Å². The number of sulfonamides is 1. The average Bonchev–Trinajstić information content (AvgIpc) is 2.77. The van der Waals surface area contributed by atoms with Gasteiger partial charge in [-0.15, -0.1) is 0 Å². The second-order valence-electron chi connectivity index (χ2n) is 4.79. The summed E-state index contributed by atoms with van der Waals surface area (Å²) in [5.41, 5.74) is 0.738. The van der Waals surface area contributed by atoms with Gasteiger partial charge in [-0.1, -0.05) is 11.6 Å². The number of nitrogens with zero attached hydrogens (tertiary/aromatic N) is 1. The number of nitrogens with one attached hydrogen (secondary N) is 1. The summed E-state index contributed by atoms with van der Waals surface area (Å²) in [5, 5.41) is -0.199. The zero-order chi connectivity index (χ0) is 16.8. The first-order chi connectivity index (χ1) is 10.8. The molecule has 0 aliphatic heterocycles. The molecule has 3 rings (SSSR count). The minimum Gasteiger partial charge on any atom is -0.408 e. The molecule has 3 aromatic rings. The summed E-state index contributed by atoms with van der Waals surface area (Å²) < 4.78 is 46.3. The highest BCUT2D eigenvalue weighted by atomic mass is 35.5. The van der Waals surface area contributed by atoms with Crippen molar-refractivity contribution in [3.63, 3.8) is 0 Å². The minimum atomic E-state index is -3.94. The van der Waals surface area contributed by atoms with Crippen LogP contribution >= 0.6 is 11.6 Å². The monoisotopic (exact) mass is 356 g/mol. The molecule has 23 heavy (non-hydrogen) atoms. The van der Waals surface area contributed by atoms with Crippen LogP contribution in [0, 0.1) is 5.82 Å². The maximum Gasteiger partial charge on any atom is 0.419 e. The molecule has 120 valence electrons. The molecule has 1 aromatic heterocycles. The molecule has 1 heterocycles. The van der Waals surface area contributed by atoms with Gasteiger partial charge in [0.25, 0.3) is 10.0 Å². The number of benzene rings is 2. The Labute approximate surface area is 135 Å². The average molecular weight is 357 g/mol. The van der Waals surface area contributed by atoms with Gasteiger partial charge < -0.3 is 4.42 Å². The molecule has 0 fully saturated rings. The van der Waals surface area contributed by atoms with Crippen LogP contribution in [0.15, 0.2) is 50.5 Å². The van der Waals surface area contributed by atoms with Gasteiger partial charge in [0.15, 0.2) is 5.58 Å². The molecule has 0 saturated heterocycles. The van der Waals surface area contributed by atoms with E-state index < -0.39 is 21.6 Å². The Kier molecular flexibility index (Phi) is 3.65. The number of halogens is 2. The molecule has 0 atom stereocenters. The fourth-order valence-electron chi connectivity index (χ4n) is 2.06. The highest BCUT2D eigenvalue weighted by molar-refractivity contribution is 7.92. The third kappa shape index (κ3) is 2.82. The van der Waals surface area contributed by atoms with Gasteiger partial charge in [0.2, 0.25) is 0 Å². The van der Waals surface area contributed by atoms with Crippen LogP contribution in [0.4, 0.5) is 10.1 Å².